The van der Waals surface area contributed by atoms with Crippen molar-refractivity contribution in [2.24, 2.45) is 16.8 Å². The maximum Gasteiger partial charge on any atom is 0.141 e. The molecule has 0 amide bonds. The standard InChI is InChI=1S/C15H23N3O/c1-2-18(11-12-8-9-12)14(10-15(16)17-19)13-6-4-3-5-7-13/h3-7,12,14,19H,2,8-11H2,1H3,(H2,16,17). The first-order valence-corrected chi connectivity index (χ1v) is 7.00. The summed E-state index contributed by atoms with van der Waals surface area (Å²) >= 11 is 0. The van der Waals surface area contributed by atoms with Gasteiger partial charge < -0.3 is 10.9 Å². The molecule has 2 rings (SSSR count). The van der Waals surface area contributed by atoms with Crippen LogP contribution in [0.25, 0.3) is 0 Å². The Morgan fingerprint density at radius 3 is 2.63 bits per heavy atom. The van der Waals surface area contributed by atoms with E-state index >= 15 is 0 Å². The molecule has 1 aliphatic rings. The van der Waals surface area contributed by atoms with E-state index in [1.165, 1.54) is 18.4 Å². The van der Waals surface area contributed by atoms with Crippen LogP contribution in [0.4, 0.5) is 0 Å². The van der Waals surface area contributed by atoms with Crippen LogP contribution in [0.1, 0.15) is 37.8 Å². The van der Waals surface area contributed by atoms with E-state index in [4.69, 9.17) is 10.9 Å². The fourth-order valence-corrected chi connectivity index (χ4v) is 2.48. The third-order valence-corrected chi connectivity index (χ3v) is 3.75. The van der Waals surface area contributed by atoms with Crippen molar-refractivity contribution in [3.63, 3.8) is 0 Å². The third-order valence-electron chi connectivity index (χ3n) is 3.75. The SMILES string of the molecule is CCN(CC1CC1)C(CC(N)=NO)c1ccccc1. The smallest absolute Gasteiger partial charge is 0.141 e. The van der Waals surface area contributed by atoms with Gasteiger partial charge in [-0.15, -0.1) is 0 Å². The molecular formula is C15H23N3O. The Morgan fingerprint density at radius 1 is 1.42 bits per heavy atom. The molecule has 4 heteroatoms. The van der Waals surface area contributed by atoms with Gasteiger partial charge in [-0.2, -0.15) is 0 Å². The topological polar surface area (TPSA) is 61.8 Å². The number of nitrogens with zero attached hydrogens (tertiary/aromatic N) is 2. The zero-order valence-electron chi connectivity index (χ0n) is 11.5. The lowest BCUT2D eigenvalue weighted by atomic mass is 10.0. The highest BCUT2D eigenvalue weighted by molar-refractivity contribution is 5.80. The Labute approximate surface area is 114 Å². The fraction of sp³-hybridized carbons (Fsp3) is 0.533. The van der Waals surface area contributed by atoms with Crippen molar-refractivity contribution in [1.82, 2.24) is 4.90 Å². The first-order chi connectivity index (χ1) is 9.24. The Kier molecular flexibility index (Phi) is 4.80. The second-order valence-electron chi connectivity index (χ2n) is 5.25. The van der Waals surface area contributed by atoms with Crippen molar-refractivity contribution >= 4 is 5.84 Å². The van der Waals surface area contributed by atoms with Crippen molar-refractivity contribution in [3.8, 4) is 0 Å². The van der Waals surface area contributed by atoms with E-state index in [0.29, 0.717) is 12.3 Å². The number of amidine groups is 1. The highest BCUT2D eigenvalue weighted by Gasteiger charge is 2.28. The van der Waals surface area contributed by atoms with Crippen molar-refractivity contribution in [1.29, 1.82) is 0 Å². The van der Waals surface area contributed by atoms with E-state index in [1.807, 2.05) is 18.2 Å². The second kappa shape index (κ2) is 6.57. The predicted octanol–water partition coefficient (Wildman–Crippen LogP) is 2.60. The zero-order chi connectivity index (χ0) is 13.7. The molecule has 1 atom stereocenters. The van der Waals surface area contributed by atoms with Crippen molar-refractivity contribution in [2.75, 3.05) is 13.1 Å². The maximum atomic E-state index is 8.82. The molecule has 0 spiro atoms. The summed E-state index contributed by atoms with van der Waals surface area (Å²) in [5, 5.41) is 12.0. The van der Waals surface area contributed by atoms with Gasteiger partial charge in [-0.3, -0.25) is 4.90 Å². The fourth-order valence-electron chi connectivity index (χ4n) is 2.48. The van der Waals surface area contributed by atoms with Gasteiger partial charge in [0.05, 0.1) is 0 Å². The molecule has 104 valence electrons. The average Bonchev–Trinajstić information content (AvgIpc) is 3.27. The minimum atomic E-state index is 0.197. The van der Waals surface area contributed by atoms with Crippen LogP contribution >= 0.6 is 0 Å². The Morgan fingerprint density at radius 2 is 2.11 bits per heavy atom. The highest BCUT2D eigenvalue weighted by Crippen LogP contribution is 2.33. The average molecular weight is 261 g/mol. The number of oxime groups is 1. The molecule has 1 aromatic carbocycles. The Bertz CT molecular complexity index is 415. The van der Waals surface area contributed by atoms with Gasteiger partial charge in [0.2, 0.25) is 0 Å². The maximum absolute atomic E-state index is 8.82. The van der Waals surface area contributed by atoms with Crippen LogP contribution in [0.2, 0.25) is 0 Å². The van der Waals surface area contributed by atoms with Crippen LogP contribution in [0.5, 0.6) is 0 Å². The second-order valence-corrected chi connectivity index (χ2v) is 5.25. The Balaban J connectivity index is 2.16. The molecule has 1 saturated carbocycles. The summed E-state index contributed by atoms with van der Waals surface area (Å²) in [6, 6.07) is 10.5. The van der Waals surface area contributed by atoms with Crippen LogP contribution in [0.15, 0.2) is 35.5 Å². The van der Waals surface area contributed by atoms with Crippen molar-refractivity contribution in [2.45, 2.75) is 32.2 Å². The number of hydrogen-bond acceptors (Lipinski definition) is 3. The van der Waals surface area contributed by atoms with Crippen LogP contribution in [0, 0.1) is 5.92 Å². The van der Waals surface area contributed by atoms with Crippen molar-refractivity contribution < 1.29 is 5.21 Å². The van der Waals surface area contributed by atoms with Crippen molar-refractivity contribution in [3.05, 3.63) is 35.9 Å². The molecule has 0 aliphatic heterocycles. The van der Waals surface area contributed by atoms with E-state index in [-0.39, 0.29) is 6.04 Å². The lowest BCUT2D eigenvalue weighted by molar-refractivity contribution is 0.201. The number of benzene rings is 1. The van der Waals surface area contributed by atoms with Gasteiger partial charge in [0, 0.05) is 19.0 Å². The molecule has 19 heavy (non-hydrogen) atoms. The molecule has 0 bridgehead atoms. The largest absolute Gasteiger partial charge is 0.409 e. The molecule has 1 fully saturated rings. The Hall–Kier alpha value is -1.55. The normalized spacial score (nSPS) is 17.7. The molecule has 3 N–H and O–H groups in total. The van der Waals surface area contributed by atoms with Crippen LogP contribution in [0.3, 0.4) is 0 Å². The van der Waals surface area contributed by atoms with Crippen LogP contribution in [-0.4, -0.2) is 29.0 Å². The monoisotopic (exact) mass is 261 g/mol. The van der Waals surface area contributed by atoms with Gasteiger partial charge in [-0.05, 0) is 30.9 Å². The summed E-state index contributed by atoms with van der Waals surface area (Å²) in [6.45, 7) is 4.26. The predicted molar refractivity (Wildman–Crippen MR) is 77.2 cm³/mol. The lowest BCUT2D eigenvalue weighted by Crippen LogP contribution is -2.33. The van der Waals surface area contributed by atoms with Gasteiger partial charge in [-0.1, -0.05) is 42.4 Å². The highest BCUT2D eigenvalue weighted by atomic mass is 16.4. The lowest BCUT2D eigenvalue weighted by Gasteiger charge is -2.31. The summed E-state index contributed by atoms with van der Waals surface area (Å²) in [5.41, 5.74) is 6.96. The minimum absolute atomic E-state index is 0.197. The molecule has 0 aromatic heterocycles. The summed E-state index contributed by atoms with van der Waals surface area (Å²) in [7, 11) is 0. The molecular weight excluding hydrogens is 238 g/mol. The minimum Gasteiger partial charge on any atom is -0.409 e. The summed E-state index contributed by atoms with van der Waals surface area (Å²) in [6.07, 6.45) is 3.24. The van der Waals surface area contributed by atoms with E-state index in [0.717, 1.165) is 19.0 Å². The zero-order valence-corrected chi connectivity index (χ0v) is 11.5. The molecule has 0 radical (unpaired) electrons. The van der Waals surface area contributed by atoms with E-state index in [1.54, 1.807) is 0 Å². The first-order valence-electron chi connectivity index (χ1n) is 7.00. The van der Waals surface area contributed by atoms with E-state index in [2.05, 4.69) is 29.1 Å². The van der Waals surface area contributed by atoms with Gasteiger partial charge in [0.15, 0.2) is 0 Å². The molecule has 1 aromatic rings. The summed E-state index contributed by atoms with van der Waals surface area (Å²) in [4.78, 5) is 2.44. The van der Waals surface area contributed by atoms with Gasteiger partial charge in [-0.25, -0.2) is 0 Å². The third kappa shape index (κ3) is 3.96. The number of nitrogens with two attached hydrogens (primary N) is 1. The van der Waals surface area contributed by atoms with Gasteiger partial charge >= 0.3 is 0 Å². The van der Waals surface area contributed by atoms with Gasteiger partial charge in [0.1, 0.15) is 5.84 Å². The number of rotatable bonds is 7. The molecule has 1 unspecified atom stereocenters. The first kappa shape index (κ1) is 13.9. The summed E-state index contributed by atoms with van der Waals surface area (Å²) < 4.78 is 0. The van der Waals surface area contributed by atoms with Gasteiger partial charge in [0.25, 0.3) is 0 Å². The molecule has 4 nitrogen and oxygen atoms in total. The van der Waals surface area contributed by atoms with E-state index < -0.39 is 0 Å². The molecule has 1 aliphatic carbocycles. The quantitative estimate of drug-likeness (QED) is 0.343. The van der Waals surface area contributed by atoms with Crippen LogP contribution in [-0.2, 0) is 0 Å². The van der Waals surface area contributed by atoms with E-state index in [9.17, 15) is 0 Å². The molecule has 0 saturated heterocycles. The summed E-state index contributed by atoms with van der Waals surface area (Å²) in [5.74, 6) is 1.13. The van der Waals surface area contributed by atoms with Crippen LogP contribution < -0.4 is 5.73 Å². The molecule has 0 heterocycles. The number of hydrogen-bond donors (Lipinski definition) is 2.